The van der Waals surface area contributed by atoms with E-state index in [-0.39, 0.29) is 0 Å². The minimum Gasteiger partial charge on any atom is -0.453 e. The molecule has 0 saturated carbocycles. The van der Waals surface area contributed by atoms with E-state index >= 15 is 0 Å². The number of ether oxygens (including phenoxy) is 1. The summed E-state index contributed by atoms with van der Waals surface area (Å²) in [5.74, 6) is 2.37. The van der Waals surface area contributed by atoms with Crippen molar-refractivity contribution >= 4 is 45.8 Å². The van der Waals surface area contributed by atoms with E-state index < -0.39 is 0 Å². The van der Waals surface area contributed by atoms with E-state index in [1.807, 2.05) is 61.0 Å². The second-order valence-corrected chi connectivity index (χ2v) is 9.70. The van der Waals surface area contributed by atoms with Crippen molar-refractivity contribution in [3.63, 3.8) is 0 Å². The van der Waals surface area contributed by atoms with Crippen molar-refractivity contribution in [3.05, 3.63) is 87.2 Å². The summed E-state index contributed by atoms with van der Waals surface area (Å²) in [6.45, 7) is 4.15. The molecule has 8 heteroatoms. The van der Waals surface area contributed by atoms with Crippen molar-refractivity contribution in [2.24, 2.45) is 11.7 Å². The number of aromatic nitrogens is 2. The first-order chi connectivity index (χ1) is 15.1. The molecule has 3 aromatic rings. The van der Waals surface area contributed by atoms with Gasteiger partial charge in [0, 0.05) is 38.3 Å². The molecule has 0 saturated heterocycles. The molecule has 4 rings (SSSR count). The van der Waals surface area contributed by atoms with Crippen molar-refractivity contribution in [2.75, 3.05) is 5.32 Å². The topological polar surface area (TPSA) is 73.1 Å². The van der Waals surface area contributed by atoms with Crippen LogP contribution in [0.4, 0.5) is 10.9 Å². The number of pyridine rings is 1. The molecule has 3 heterocycles. The number of hydrogen-bond acceptors (Lipinski definition) is 8. The van der Waals surface area contributed by atoms with Crippen LogP contribution in [0, 0.1) is 12.8 Å². The van der Waals surface area contributed by atoms with Crippen LogP contribution in [0.5, 0.6) is 11.5 Å². The summed E-state index contributed by atoms with van der Waals surface area (Å²) in [6.07, 6.45) is 7.55. The van der Waals surface area contributed by atoms with Crippen LogP contribution in [0.15, 0.2) is 86.4 Å². The Kier molecular flexibility index (Phi) is 7.01. The van der Waals surface area contributed by atoms with Crippen LogP contribution < -0.4 is 15.8 Å². The number of anilines is 2. The number of hydrogen-bond donors (Lipinski definition) is 2. The summed E-state index contributed by atoms with van der Waals surface area (Å²) in [5.41, 5.74) is 6.69. The lowest BCUT2D eigenvalue weighted by atomic mass is 10.1. The molecular formula is C23H22N4OS3. The van der Waals surface area contributed by atoms with Crippen molar-refractivity contribution < 1.29 is 4.74 Å². The van der Waals surface area contributed by atoms with E-state index in [0.29, 0.717) is 17.5 Å². The lowest BCUT2D eigenvalue weighted by Crippen LogP contribution is -1.98. The molecule has 0 spiro atoms. The van der Waals surface area contributed by atoms with Gasteiger partial charge in [-0.15, -0.1) is 23.1 Å². The molecule has 3 N–H and O–H groups in total. The molecule has 5 nitrogen and oxygen atoms in total. The molecule has 0 fully saturated rings. The molecule has 158 valence electrons. The standard InChI is InChI=1S/C23H22N4OS3/c1-15-9-11-29-21(15)20(8-10-24)31-18-12-19(28-17-6-4-3-5-7-17)22(25-13-18)27-23-26-16(2)14-30-23/h3-15H,24H2,1-2H3,(H,25,26,27)/b10-8-,21-20-. The Hall–Kier alpha value is -2.68. The average molecular weight is 467 g/mol. The van der Waals surface area contributed by atoms with Crippen molar-refractivity contribution in [1.82, 2.24) is 9.97 Å². The second kappa shape index (κ2) is 10.1. The maximum Gasteiger partial charge on any atom is 0.188 e. The third-order valence-electron chi connectivity index (χ3n) is 4.34. The molecule has 0 radical (unpaired) electrons. The van der Waals surface area contributed by atoms with Crippen LogP contribution >= 0.6 is 34.9 Å². The monoisotopic (exact) mass is 466 g/mol. The van der Waals surface area contributed by atoms with Crippen LogP contribution in [0.2, 0.25) is 0 Å². The number of nitrogens with one attached hydrogen (secondary N) is 1. The highest BCUT2D eigenvalue weighted by atomic mass is 32.2. The summed E-state index contributed by atoms with van der Waals surface area (Å²) in [6, 6.07) is 11.7. The minimum absolute atomic E-state index is 0.366. The van der Waals surface area contributed by atoms with Crippen LogP contribution in [-0.2, 0) is 0 Å². The summed E-state index contributed by atoms with van der Waals surface area (Å²) in [5, 5.41) is 8.18. The zero-order valence-corrected chi connectivity index (χ0v) is 19.6. The maximum absolute atomic E-state index is 6.18. The number of para-hydroxylation sites is 1. The van der Waals surface area contributed by atoms with Gasteiger partial charge in [-0.3, -0.25) is 0 Å². The lowest BCUT2D eigenvalue weighted by molar-refractivity contribution is 0.481. The number of thiazole rings is 1. The van der Waals surface area contributed by atoms with Gasteiger partial charge in [0.25, 0.3) is 0 Å². The van der Waals surface area contributed by atoms with E-state index in [1.165, 1.54) is 16.2 Å². The highest BCUT2D eigenvalue weighted by Gasteiger charge is 2.18. The largest absolute Gasteiger partial charge is 0.453 e. The third-order valence-corrected chi connectivity index (χ3v) is 7.52. The first-order valence-electron chi connectivity index (χ1n) is 9.68. The molecule has 0 aliphatic carbocycles. The maximum atomic E-state index is 6.18. The van der Waals surface area contributed by atoms with Crippen LogP contribution in [-0.4, -0.2) is 9.97 Å². The number of benzene rings is 1. The van der Waals surface area contributed by atoms with Gasteiger partial charge in [-0.2, -0.15) is 0 Å². The zero-order valence-electron chi connectivity index (χ0n) is 17.1. The Labute approximate surface area is 194 Å². The number of nitrogens with two attached hydrogens (primary N) is 1. The molecule has 0 bridgehead atoms. The molecule has 1 unspecified atom stereocenters. The first-order valence-corrected chi connectivity index (χ1v) is 12.3. The Morgan fingerprint density at radius 3 is 2.81 bits per heavy atom. The van der Waals surface area contributed by atoms with Gasteiger partial charge in [-0.25, -0.2) is 9.97 Å². The number of rotatable bonds is 7. The van der Waals surface area contributed by atoms with E-state index in [4.69, 9.17) is 10.5 Å². The molecule has 1 aliphatic heterocycles. The van der Waals surface area contributed by atoms with E-state index in [9.17, 15) is 0 Å². The normalized spacial score (nSPS) is 17.3. The molecule has 2 aromatic heterocycles. The highest BCUT2D eigenvalue weighted by molar-refractivity contribution is 8.08. The first kappa shape index (κ1) is 21.5. The van der Waals surface area contributed by atoms with Crippen molar-refractivity contribution in [2.45, 2.75) is 18.7 Å². The van der Waals surface area contributed by atoms with Gasteiger partial charge in [-0.1, -0.05) is 43.0 Å². The van der Waals surface area contributed by atoms with Crippen LogP contribution in [0.1, 0.15) is 12.6 Å². The summed E-state index contributed by atoms with van der Waals surface area (Å²) >= 11 is 4.89. The lowest BCUT2D eigenvalue weighted by Gasteiger charge is -2.14. The molecule has 1 atom stereocenters. The van der Waals surface area contributed by atoms with E-state index in [0.717, 1.165) is 26.4 Å². The number of thioether (sulfide) groups is 2. The number of aryl methyl sites for hydroxylation is 1. The molecular weight excluding hydrogens is 444 g/mol. The van der Waals surface area contributed by atoms with Crippen molar-refractivity contribution in [1.29, 1.82) is 0 Å². The Bertz CT molecular complexity index is 1140. The zero-order chi connectivity index (χ0) is 21.6. The number of allylic oxidation sites excluding steroid dienone is 3. The van der Waals surface area contributed by atoms with Gasteiger partial charge >= 0.3 is 0 Å². The SMILES string of the molecule is Cc1csc(Nc2ncc(SC(/C=C\N)=C3\SC=CC3C)cc2Oc2ccccc2)n1. The smallest absolute Gasteiger partial charge is 0.188 e. The second-order valence-electron chi connectivity index (χ2n) is 6.78. The van der Waals surface area contributed by atoms with Gasteiger partial charge in [0.15, 0.2) is 16.7 Å². The van der Waals surface area contributed by atoms with Crippen molar-refractivity contribution in [3.8, 4) is 11.5 Å². The molecule has 1 aliphatic rings. The fraction of sp³-hybridized carbons (Fsp3) is 0.130. The highest BCUT2D eigenvalue weighted by Crippen LogP contribution is 2.43. The van der Waals surface area contributed by atoms with E-state index in [2.05, 4.69) is 33.7 Å². The van der Waals surface area contributed by atoms with Gasteiger partial charge in [-0.05, 0) is 36.7 Å². The Balaban J connectivity index is 1.66. The predicted octanol–water partition coefficient (Wildman–Crippen LogP) is 7.06. The van der Waals surface area contributed by atoms with Gasteiger partial charge in [0.2, 0.25) is 0 Å². The number of nitrogens with zero attached hydrogens (tertiary/aromatic N) is 2. The van der Waals surface area contributed by atoms with Gasteiger partial charge < -0.3 is 15.8 Å². The Morgan fingerprint density at radius 2 is 2.13 bits per heavy atom. The summed E-state index contributed by atoms with van der Waals surface area (Å²) in [4.78, 5) is 12.5. The predicted molar refractivity (Wildman–Crippen MR) is 133 cm³/mol. The fourth-order valence-corrected chi connectivity index (χ4v) is 5.72. The third kappa shape index (κ3) is 5.52. The minimum atomic E-state index is 0.366. The fourth-order valence-electron chi connectivity index (χ4n) is 2.87. The quantitative estimate of drug-likeness (QED) is 0.361. The average Bonchev–Trinajstić information content (AvgIpc) is 3.38. The molecule has 31 heavy (non-hydrogen) atoms. The summed E-state index contributed by atoms with van der Waals surface area (Å²) in [7, 11) is 0. The Morgan fingerprint density at radius 1 is 1.29 bits per heavy atom. The summed E-state index contributed by atoms with van der Waals surface area (Å²) < 4.78 is 6.18. The van der Waals surface area contributed by atoms with E-state index in [1.54, 1.807) is 29.7 Å². The van der Waals surface area contributed by atoms with Gasteiger partial charge in [0.05, 0.1) is 5.69 Å². The molecule has 1 aromatic carbocycles. The molecule has 0 amide bonds. The van der Waals surface area contributed by atoms with Crippen LogP contribution in [0.3, 0.4) is 0 Å². The van der Waals surface area contributed by atoms with Crippen LogP contribution in [0.25, 0.3) is 0 Å². The van der Waals surface area contributed by atoms with Gasteiger partial charge in [0.1, 0.15) is 5.75 Å².